The first-order chi connectivity index (χ1) is 15.0. The summed E-state index contributed by atoms with van der Waals surface area (Å²) in [6.45, 7) is 1.41. The second-order valence-corrected chi connectivity index (χ2v) is 7.03. The number of aryl methyl sites for hydroxylation is 1. The van der Waals surface area contributed by atoms with Crippen molar-refractivity contribution in [1.82, 2.24) is 9.78 Å². The van der Waals surface area contributed by atoms with Crippen LogP contribution in [0.25, 0.3) is 0 Å². The number of carboxylic acids is 1. The van der Waals surface area contributed by atoms with Crippen molar-refractivity contribution in [3.63, 3.8) is 0 Å². The number of carboxylic acid groups (broad SMARTS) is 1. The molecule has 3 rings (SSSR count). The highest BCUT2D eigenvalue weighted by Crippen LogP contribution is 2.37. The van der Waals surface area contributed by atoms with Crippen molar-refractivity contribution in [1.29, 1.82) is 0 Å². The molecule has 3 aromatic rings. The Bertz CT molecular complexity index is 1220. The van der Waals surface area contributed by atoms with Crippen molar-refractivity contribution >= 4 is 29.2 Å². The van der Waals surface area contributed by atoms with Gasteiger partial charge in [0.05, 0.1) is 5.56 Å². The van der Waals surface area contributed by atoms with E-state index in [1.807, 2.05) is 0 Å². The van der Waals surface area contributed by atoms with Gasteiger partial charge in [-0.05, 0) is 42.8 Å². The molecule has 0 atom stereocenters. The van der Waals surface area contributed by atoms with Crippen LogP contribution >= 0.6 is 11.6 Å². The highest BCUT2D eigenvalue weighted by Gasteiger charge is 2.42. The predicted octanol–water partition coefficient (Wildman–Crippen LogP) is 5.23. The first kappa shape index (κ1) is 23.0. The zero-order valence-corrected chi connectivity index (χ0v) is 17.4. The molecule has 0 fully saturated rings. The molecular weight excluding hydrogens is 451 g/mol. The van der Waals surface area contributed by atoms with Gasteiger partial charge in [-0.1, -0.05) is 29.8 Å². The van der Waals surface area contributed by atoms with Gasteiger partial charge in [0.15, 0.2) is 5.69 Å². The summed E-state index contributed by atoms with van der Waals surface area (Å²) in [5.41, 5.74) is -1.85. The number of halogens is 4. The maximum atomic E-state index is 13.6. The van der Waals surface area contributed by atoms with Crippen LogP contribution in [0.3, 0.4) is 0 Å². The maximum Gasteiger partial charge on any atom is 0.436 e. The van der Waals surface area contributed by atoms with E-state index in [1.165, 1.54) is 56.4 Å². The van der Waals surface area contributed by atoms with E-state index in [9.17, 15) is 22.8 Å². The van der Waals surface area contributed by atoms with Crippen molar-refractivity contribution in [2.45, 2.75) is 13.1 Å². The van der Waals surface area contributed by atoms with E-state index in [4.69, 9.17) is 21.4 Å². The number of rotatable bonds is 5. The summed E-state index contributed by atoms with van der Waals surface area (Å²) in [6.07, 6.45) is -4.94. The molecule has 166 valence electrons. The van der Waals surface area contributed by atoms with E-state index in [-0.39, 0.29) is 22.0 Å². The Morgan fingerprint density at radius 1 is 1.12 bits per heavy atom. The van der Waals surface area contributed by atoms with Crippen molar-refractivity contribution in [3.05, 3.63) is 75.9 Å². The summed E-state index contributed by atoms with van der Waals surface area (Å²) in [4.78, 5) is 27.6. The lowest BCUT2D eigenvalue weighted by atomic mass is 10.1. The van der Waals surface area contributed by atoms with Crippen molar-refractivity contribution in [3.8, 4) is 11.6 Å². The Morgan fingerprint density at radius 3 is 2.31 bits per heavy atom. The van der Waals surface area contributed by atoms with Gasteiger partial charge in [-0.15, -0.1) is 0 Å². The molecule has 0 saturated heterocycles. The summed E-state index contributed by atoms with van der Waals surface area (Å²) >= 11 is 5.89. The number of hydrogen-bond acceptors (Lipinski definition) is 4. The SMILES string of the molecule is CC(=NC(=O)c1c(C(F)(F)F)nn(C)c1Oc1cccc(Cl)c1)c1ccc(C(=O)O)cc1. The number of nitrogens with zero attached hydrogens (tertiary/aromatic N) is 3. The summed E-state index contributed by atoms with van der Waals surface area (Å²) in [7, 11) is 1.20. The molecule has 0 aliphatic heterocycles. The van der Waals surface area contributed by atoms with Gasteiger partial charge >= 0.3 is 12.1 Å². The minimum Gasteiger partial charge on any atom is -0.478 e. The molecule has 7 nitrogen and oxygen atoms in total. The summed E-state index contributed by atoms with van der Waals surface area (Å²) in [5, 5.41) is 12.7. The van der Waals surface area contributed by atoms with E-state index >= 15 is 0 Å². The van der Waals surface area contributed by atoms with E-state index in [1.54, 1.807) is 6.07 Å². The van der Waals surface area contributed by atoms with Gasteiger partial charge in [0.2, 0.25) is 5.88 Å². The number of amides is 1. The van der Waals surface area contributed by atoms with E-state index in [0.29, 0.717) is 5.56 Å². The largest absolute Gasteiger partial charge is 0.478 e. The molecule has 1 amide bonds. The molecule has 32 heavy (non-hydrogen) atoms. The fourth-order valence-electron chi connectivity index (χ4n) is 2.79. The highest BCUT2D eigenvalue weighted by atomic mass is 35.5. The molecule has 0 aliphatic carbocycles. The molecule has 1 N–H and O–H groups in total. The number of aromatic carboxylic acids is 1. The lowest BCUT2D eigenvalue weighted by Crippen LogP contribution is -2.13. The van der Waals surface area contributed by atoms with Gasteiger partial charge < -0.3 is 9.84 Å². The van der Waals surface area contributed by atoms with Crippen molar-refractivity contribution in [2.75, 3.05) is 0 Å². The molecule has 0 spiro atoms. The first-order valence-corrected chi connectivity index (χ1v) is 9.36. The zero-order chi connectivity index (χ0) is 23.6. The number of ether oxygens (including phenoxy) is 1. The monoisotopic (exact) mass is 465 g/mol. The van der Waals surface area contributed by atoms with Crippen LogP contribution in [0.1, 0.15) is 38.9 Å². The van der Waals surface area contributed by atoms with Crippen molar-refractivity contribution < 1.29 is 32.6 Å². The number of carbonyl (C=O) groups excluding carboxylic acids is 1. The van der Waals surface area contributed by atoms with Gasteiger partial charge in [-0.2, -0.15) is 18.3 Å². The molecule has 1 heterocycles. The summed E-state index contributed by atoms with van der Waals surface area (Å²) in [5.74, 6) is -2.71. The third-order valence-corrected chi connectivity index (χ3v) is 4.54. The number of benzene rings is 2. The number of alkyl halides is 3. The molecule has 1 aromatic heterocycles. The molecular formula is C21H15ClF3N3O4. The van der Waals surface area contributed by atoms with Gasteiger partial charge in [0.25, 0.3) is 5.91 Å². The number of hydrogen-bond donors (Lipinski definition) is 1. The number of carbonyl (C=O) groups is 2. The quantitative estimate of drug-likeness (QED) is 0.520. The lowest BCUT2D eigenvalue weighted by molar-refractivity contribution is -0.141. The Kier molecular flexibility index (Phi) is 6.35. The van der Waals surface area contributed by atoms with E-state index < -0.39 is 35.2 Å². The van der Waals surface area contributed by atoms with Crippen LogP contribution in [0, 0.1) is 0 Å². The fourth-order valence-corrected chi connectivity index (χ4v) is 2.97. The normalized spacial score (nSPS) is 12.0. The second kappa shape index (κ2) is 8.83. The first-order valence-electron chi connectivity index (χ1n) is 8.98. The number of aromatic nitrogens is 2. The lowest BCUT2D eigenvalue weighted by Gasteiger charge is -2.09. The van der Waals surface area contributed by atoms with Gasteiger partial charge in [0.1, 0.15) is 11.3 Å². The van der Waals surface area contributed by atoms with Crippen molar-refractivity contribution in [2.24, 2.45) is 12.0 Å². The summed E-state index contributed by atoms with van der Waals surface area (Å²) in [6, 6.07) is 11.3. The van der Waals surface area contributed by atoms with Gasteiger partial charge in [-0.25, -0.2) is 14.5 Å². The molecule has 2 aromatic carbocycles. The standard InChI is InChI=1S/C21H15ClF3N3O4/c1-11(12-6-8-13(9-7-12)20(30)31)26-18(29)16-17(21(23,24)25)27-28(2)19(16)32-15-5-3-4-14(22)10-15/h3-10H,1-2H3,(H,30,31). The van der Waals surface area contributed by atoms with Crippen LogP contribution < -0.4 is 4.74 Å². The molecule has 0 bridgehead atoms. The van der Waals surface area contributed by atoms with Crippen LogP contribution in [0.5, 0.6) is 11.6 Å². The minimum atomic E-state index is -4.94. The van der Waals surface area contributed by atoms with Gasteiger partial charge in [-0.3, -0.25) is 4.79 Å². The average Bonchev–Trinajstić information content (AvgIpc) is 3.04. The topological polar surface area (TPSA) is 93.8 Å². The van der Waals surface area contributed by atoms with Crippen LogP contribution in [-0.4, -0.2) is 32.5 Å². The zero-order valence-electron chi connectivity index (χ0n) is 16.6. The van der Waals surface area contributed by atoms with Gasteiger partial charge in [0, 0.05) is 17.8 Å². The predicted molar refractivity (Wildman–Crippen MR) is 110 cm³/mol. The molecule has 0 saturated carbocycles. The van der Waals surface area contributed by atoms with Crippen LogP contribution in [0.15, 0.2) is 53.5 Å². The van der Waals surface area contributed by atoms with Crippen LogP contribution in [0.2, 0.25) is 5.02 Å². The molecule has 0 aliphatic rings. The van der Waals surface area contributed by atoms with Crippen LogP contribution in [0.4, 0.5) is 13.2 Å². The summed E-state index contributed by atoms with van der Waals surface area (Å²) < 4.78 is 47.0. The third-order valence-electron chi connectivity index (χ3n) is 4.31. The second-order valence-electron chi connectivity index (χ2n) is 6.59. The highest BCUT2D eigenvalue weighted by molar-refractivity contribution is 6.30. The molecule has 0 radical (unpaired) electrons. The smallest absolute Gasteiger partial charge is 0.436 e. The van der Waals surface area contributed by atoms with Crippen LogP contribution in [-0.2, 0) is 13.2 Å². The Labute approximate surface area is 184 Å². The molecule has 11 heteroatoms. The molecule has 0 unspecified atom stereocenters. The average molecular weight is 466 g/mol. The Balaban J connectivity index is 2.05. The Morgan fingerprint density at radius 2 is 1.75 bits per heavy atom. The Hall–Kier alpha value is -3.66. The number of aliphatic imine (C=N–C) groups is 1. The maximum absolute atomic E-state index is 13.6. The van der Waals surface area contributed by atoms with E-state index in [2.05, 4.69) is 10.1 Å². The minimum absolute atomic E-state index is 0.0108. The van der Waals surface area contributed by atoms with E-state index in [0.717, 1.165) is 4.68 Å². The third kappa shape index (κ3) is 4.97. The fraction of sp³-hybridized carbons (Fsp3) is 0.143.